The van der Waals surface area contributed by atoms with Crippen molar-refractivity contribution in [3.05, 3.63) is 46.2 Å². The molecule has 1 heterocycles. The van der Waals surface area contributed by atoms with Crippen LogP contribution in [0.15, 0.2) is 34.9 Å². The van der Waals surface area contributed by atoms with Gasteiger partial charge in [0, 0.05) is 22.4 Å². The van der Waals surface area contributed by atoms with Gasteiger partial charge in [0.1, 0.15) is 5.69 Å². The molecule has 1 aromatic carbocycles. The second-order valence-electron chi connectivity index (χ2n) is 4.98. The number of nitrogens with one attached hydrogen (secondary N) is 2. The lowest BCUT2D eigenvalue weighted by molar-refractivity contribution is 0.102. The lowest BCUT2D eigenvalue weighted by atomic mass is 10.2. The second kappa shape index (κ2) is 6.67. The topological polar surface area (TPSA) is 66.9 Å². The van der Waals surface area contributed by atoms with E-state index in [2.05, 4.69) is 36.5 Å². The molecule has 0 saturated carbocycles. The van der Waals surface area contributed by atoms with E-state index in [-0.39, 0.29) is 11.9 Å². The summed E-state index contributed by atoms with van der Waals surface area (Å²) in [5, 5.41) is 5.89. The molecule has 0 bridgehead atoms. The summed E-state index contributed by atoms with van der Waals surface area (Å²) in [7, 11) is 0. The van der Waals surface area contributed by atoms with Crippen molar-refractivity contribution < 1.29 is 4.79 Å². The SMILES string of the molecule is Cc1ccc(NC(=O)c2ccnc(NC(C)C)n2)cc1Br. The van der Waals surface area contributed by atoms with E-state index < -0.39 is 0 Å². The molecule has 0 fully saturated rings. The minimum absolute atomic E-state index is 0.205. The van der Waals surface area contributed by atoms with E-state index >= 15 is 0 Å². The number of halogens is 1. The van der Waals surface area contributed by atoms with Crippen LogP contribution in [0.4, 0.5) is 11.6 Å². The van der Waals surface area contributed by atoms with Crippen LogP contribution in [0.1, 0.15) is 29.9 Å². The molecule has 0 aliphatic carbocycles. The van der Waals surface area contributed by atoms with Crippen molar-refractivity contribution in [1.29, 1.82) is 0 Å². The van der Waals surface area contributed by atoms with Gasteiger partial charge in [-0.1, -0.05) is 22.0 Å². The lowest BCUT2D eigenvalue weighted by Crippen LogP contribution is -2.17. The first-order chi connectivity index (χ1) is 9.95. The molecule has 0 aliphatic heterocycles. The highest BCUT2D eigenvalue weighted by Crippen LogP contribution is 2.21. The molecule has 0 atom stereocenters. The largest absolute Gasteiger partial charge is 0.352 e. The summed E-state index contributed by atoms with van der Waals surface area (Å²) in [5.41, 5.74) is 2.15. The molecule has 5 nitrogen and oxygen atoms in total. The number of aromatic nitrogens is 2. The van der Waals surface area contributed by atoms with Gasteiger partial charge >= 0.3 is 0 Å². The van der Waals surface area contributed by atoms with Gasteiger partial charge in [0.2, 0.25) is 5.95 Å². The van der Waals surface area contributed by atoms with Gasteiger partial charge in [0.05, 0.1) is 0 Å². The standard InChI is InChI=1S/C15H17BrN4O/c1-9(2)18-15-17-7-6-13(20-15)14(21)19-11-5-4-10(3)12(16)8-11/h4-9H,1-3H3,(H,19,21)(H,17,18,20). The van der Waals surface area contributed by atoms with Crippen LogP contribution in [0.2, 0.25) is 0 Å². The summed E-state index contributed by atoms with van der Waals surface area (Å²) in [6.07, 6.45) is 1.57. The molecule has 0 spiro atoms. The summed E-state index contributed by atoms with van der Waals surface area (Å²) in [6, 6.07) is 7.44. The Balaban J connectivity index is 2.14. The first-order valence-electron chi connectivity index (χ1n) is 6.63. The first kappa shape index (κ1) is 15.4. The van der Waals surface area contributed by atoms with Crippen LogP contribution < -0.4 is 10.6 Å². The number of aryl methyl sites for hydroxylation is 1. The Morgan fingerprint density at radius 3 is 2.71 bits per heavy atom. The van der Waals surface area contributed by atoms with E-state index in [1.165, 1.54) is 0 Å². The summed E-state index contributed by atoms with van der Waals surface area (Å²) >= 11 is 3.44. The summed E-state index contributed by atoms with van der Waals surface area (Å²) in [5.74, 6) is 0.183. The molecule has 110 valence electrons. The molecular weight excluding hydrogens is 332 g/mol. The Hall–Kier alpha value is -1.95. The Morgan fingerprint density at radius 2 is 2.05 bits per heavy atom. The van der Waals surface area contributed by atoms with Crippen LogP contribution in [0.5, 0.6) is 0 Å². The third-order valence-electron chi connectivity index (χ3n) is 2.74. The third kappa shape index (κ3) is 4.26. The Labute approximate surface area is 132 Å². The number of carbonyl (C=O) groups is 1. The van der Waals surface area contributed by atoms with Crippen molar-refractivity contribution in [3.63, 3.8) is 0 Å². The number of hydrogen-bond donors (Lipinski definition) is 2. The molecular formula is C15H17BrN4O. The minimum Gasteiger partial charge on any atom is -0.352 e. The fourth-order valence-corrected chi connectivity index (χ4v) is 2.06. The van der Waals surface area contributed by atoms with Crippen LogP contribution in [-0.2, 0) is 0 Å². The summed E-state index contributed by atoms with van der Waals surface area (Å²) in [4.78, 5) is 20.5. The fourth-order valence-electron chi connectivity index (χ4n) is 1.68. The van der Waals surface area contributed by atoms with E-state index in [1.807, 2.05) is 39.0 Å². The van der Waals surface area contributed by atoms with Crippen LogP contribution in [0.25, 0.3) is 0 Å². The zero-order valence-electron chi connectivity index (χ0n) is 12.1. The average molecular weight is 349 g/mol. The van der Waals surface area contributed by atoms with E-state index in [0.717, 1.165) is 15.7 Å². The maximum absolute atomic E-state index is 12.2. The normalized spacial score (nSPS) is 10.5. The average Bonchev–Trinajstić information content (AvgIpc) is 2.42. The van der Waals surface area contributed by atoms with Crippen molar-refractivity contribution in [2.45, 2.75) is 26.8 Å². The van der Waals surface area contributed by atoms with Gasteiger partial charge in [-0.05, 0) is 44.5 Å². The maximum atomic E-state index is 12.2. The van der Waals surface area contributed by atoms with Gasteiger partial charge in [0.15, 0.2) is 0 Å². The van der Waals surface area contributed by atoms with Crippen LogP contribution in [0, 0.1) is 6.92 Å². The van der Waals surface area contributed by atoms with Crippen molar-refractivity contribution in [1.82, 2.24) is 9.97 Å². The number of nitrogens with zero attached hydrogens (tertiary/aromatic N) is 2. The minimum atomic E-state index is -0.264. The van der Waals surface area contributed by atoms with Gasteiger partial charge in [0.25, 0.3) is 5.91 Å². The number of anilines is 2. The van der Waals surface area contributed by atoms with Gasteiger partial charge in [-0.3, -0.25) is 4.79 Å². The molecule has 0 saturated heterocycles. The van der Waals surface area contributed by atoms with E-state index in [9.17, 15) is 4.79 Å². The number of rotatable bonds is 4. The van der Waals surface area contributed by atoms with Crippen molar-refractivity contribution in [2.75, 3.05) is 10.6 Å². The van der Waals surface area contributed by atoms with Crippen LogP contribution in [0.3, 0.4) is 0 Å². The number of benzene rings is 1. The highest BCUT2D eigenvalue weighted by Gasteiger charge is 2.10. The number of carbonyl (C=O) groups excluding carboxylic acids is 1. The van der Waals surface area contributed by atoms with Crippen molar-refractivity contribution in [3.8, 4) is 0 Å². The zero-order valence-corrected chi connectivity index (χ0v) is 13.7. The van der Waals surface area contributed by atoms with Crippen molar-refractivity contribution in [2.24, 2.45) is 0 Å². The molecule has 0 aliphatic rings. The molecule has 0 unspecified atom stereocenters. The quantitative estimate of drug-likeness (QED) is 0.885. The molecule has 1 aromatic heterocycles. The Kier molecular flexibility index (Phi) is 4.90. The van der Waals surface area contributed by atoms with Gasteiger partial charge < -0.3 is 10.6 Å². The third-order valence-corrected chi connectivity index (χ3v) is 3.59. The van der Waals surface area contributed by atoms with Gasteiger partial charge in [-0.25, -0.2) is 9.97 Å². The summed E-state index contributed by atoms with van der Waals surface area (Å²) in [6.45, 7) is 5.96. The van der Waals surface area contributed by atoms with Gasteiger partial charge in [-0.15, -0.1) is 0 Å². The predicted molar refractivity (Wildman–Crippen MR) is 87.6 cm³/mol. The second-order valence-corrected chi connectivity index (χ2v) is 5.84. The predicted octanol–water partition coefficient (Wildman–Crippen LogP) is 3.62. The molecule has 2 rings (SSSR count). The maximum Gasteiger partial charge on any atom is 0.274 e. The Bertz CT molecular complexity index is 658. The number of amides is 1. The highest BCUT2D eigenvalue weighted by molar-refractivity contribution is 9.10. The highest BCUT2D eigenvalue weighted by atomic mass is 79.9. The van der Waals surface area contributed by atoms with E-state index in [4.69, 9.17) is 0 Å². The fraction of sp³-hybridized carbons (Fsp3) is 0.267. The smallest absolute Gasteiger partial charge is 0.274 e. The molecule has 1 amide bonds. The van der Waals surface area contributed by atoms with Crippen LogP contribution >= 0.6 is 15.9 Å². The van der Waals surface area contributed by atoms with Crippen LogP contribution in [-0.4, -0.2) is 21.9 Å². The van der Waals surface area contributed by atoms with Gasteiger partial charge in [-0.2, -0.15) is 0 Å². The first-order valence-corrected chi connectivity index (χ1v) is 7.42. The molecule has 21 heavy (non-hydrogen) atoms. The van der Waals surface area contributed by atoms with E-state index in [1.54, 1.807) is 12.3 Å². The number of hydrogen-bond acceptors (Lipinski definition) is 4. The Morgan fingerprint density at radius 1 is 1.29 bits per heavy atom. The molecule has 2 aromatic rings. The molecule has 6 heteroatoms. The lowest BCUT2D eigenvalue weighted by Gasteiger charge is -2.10. The molecule has 2 N–H and O–H groups in total. The summed E-state index contributed by atoms with van der Waals surface area (Å²) < 4.78 is 0.949. The van der Waals surface area contributed by atoms with E-state index in [0.29, 0.717) is 11.6 Å². The molecule has 0 radical (unpaired) electrons. The zero-order chi connectivity index (χ0) is 15.4. The van der Waals surface area contributed by atoms with Crippen molar-refractivity contribution >= 4 is 33.5 Å². The monoisotopic (exact) mass is 348 g/mol.